The first kappa shape index (κ1) is 15.5. The highest BCUT2D eigenvalue weighted by Gasteiger charge is 2.40. The normalized spacial score (nSPS) is 20.4. The van der Waals surface area contributed by atoms with Crippen molar-refractivity contribution in [1.82, 2.24) is 4.90 Å². The number of rotatable bonds is 3. The van der Waals surface area contributed by atoms with Crippen LogP contribution in [0.3, 0.4) is 0 Å². The van der Waals surface area contributed by atoms with Crippen LogP contribution in [0.15, 0.2) is 18.2 Å². The molecule has 2 heterocycles. The van der Waals surface area contributed by atoms with Gasteiger partial charge in [0.25, 0.3) is 0 Å². The van der Waals surface area contributed by atoms with Crippen LogP contribution in [-0.2, 0) is 14.3 Å². The molecule has 2 fully saturated rings. The van der Waals surface area contributed by atoms with E-state index < -0.39 is 11.6 Å². The van der Waals surface area contributed by atoms with Gasteiger partial charge in [-0.05, 0) is 18.2 Å². The standard InChI is InChI=1S/C15H18ClFN2O3/c16-12-9-11(1-2-13(12)17)18-10-14(20)19-5-3-15(4-6-19)21-7-8-22-15/h1-2,9,18H,3-8,10H2. The van der Waals surface area contributed by atoms with E-state index in [4.69, 9.17) is 21.1 Å². The molecule has 22 heavy (non-hydrogen) atoms. The number of carbonyl (C=O) groups excluding carboxylic acids is 1. The maximum absolute atomic E-state index is 13.1. The molecule has 2 saturated heterocycles. The van der Waals surface area contributed by atoms with Crippen LogP contribution in [0, 0.1) is 5.82 Å². The van der Waals surface area contributed by atoms with Crippen molar-refractivity contribution in [3.05, 3.63) is 29.0 Å². The first-order valence-electron chi connectivity index (χ1n) is 7.33. The molecular weight excluding hydrogens is 311 g/mol. The fourth-order valence-corrected chi connectivity index (χ4v) is 2.96. The second kappa shape index (κ2) is 6.40. The summed E-state index contributed by atoms with van der Waals surface area (Å²) < 4.78 is 24.3. The summed E-state index contributed by atoms with van der Waals surface area (Å²) in [7, 11) is 0. The average molecular weight is 329 g/mol. The Morgan fingerprint density at radius 3 is 2.64 bits per heavy atom. The van der Waals surface area contributed by atoms with Gasteiger partial charge in [-0.25, -0.2) is 4.39 Å². The summed E-state index contributed by atoms with van der Waals surface area (Å²) in [6.45, 7) is 2.63. The third kappa shape index (κ3) is 3.34. The van der Waals surface area contributed by atoms with E-state index in [0.29, 0.717) is 44.8 Å². The highest BCUT2D eigenvalue weighted by Crippen LogP contribution is 2.31. The molecule has 2 aliphatic heterocycles. The molecule has 0 aliphatic carbocycles. The first-order valence-corrected chi connectivity index (χ1v) is 7.70. The largest absolute Gasteiger partial charge is 0.376 e. The Morgan fingerprint density at radius 1 is 1.32 bits per heavy atom. The maximum atomic E-state index is 13.1. The zero-order valence-corrected chi connectivity index (χ0v) is 12.9. The van der Waals surface area contributed by atoms with E-state index in [2.05, 4.69) is 5.32 Å². The van der Waals surface area contributed by atoms with Crippen molar-refractivity contribution >= 4 is 23.2 Å². The van der Waals surface area contributed by atoms with Gasteiger partial charge >= 0.3 is 0 Å². The quantitative estimate of drug-likeness (QED) is 0.924. The summed E-state index contributed by atoms with van der Waals surface area (Å²) in [4.78, 5) is 14.0. The highest BCUT2D eigenvalue weighted by molar-refractivity contribution is 6.31. The van der Waals surface area contributed by atoms with Crippen LogP contribution in [0.5, 0.6) is 0 Å². The van der Waals surface area contributed by atoms with Crippen molar-refractivity contribution in [3.63, 3.8) is 0 Å². The van der Waals surface area contributed by atoms with E-state index in [1.54, 1.807) is 11.0 Å². The maximum Gasteiger partial charge on any atom is 0.241 e. The number of anilines is 1. The number of ether oxygens (including phenoxy) is 2. The predicted octanol–water partition coefficient (Wildman–Crippen LogP) is 2.26. The Morgan fingerprint density at radius 2 is 2.00 bits per heavy atom. The van der Waals surface area contributed by atoms with E-state index >= 15 is 0 Å². The molecule has 0 bridgehead atoms. The Labute approximate surface area is 133 Å². The zero-order chi connectivity index (χ0) is 15.6. The highest BCUT2D eigenvalue weighted by atomic mass is 35.5. The minimum atomic E-state index is -0.477. The van der Waals surface area contributed by atoms with E-state index in [9.17, 15) is 9.18 Å². The van der Waals surface area contributed by atoms with Crippen molar-refractivity contribution in [2.75, 3.05) is 38.2 Å². The van der Waals surface area contributed by atoms with Gasteiger partial charge in [-0.1, -0.05) is 11.6 Å². The van der Waals surface area contributed by atoms with E-state index in [-0.39, 0.29) is 17.5 Å². The molecule has 3 rings (SSSR count). The number of nitrogens with one attached hydrogen (secondary N) is 1. The van der Waals surface area contributed by atoms with Crippen LogP contribution in [-0.4, -0.2) is 49.4 Å². The minimum Gasteiger partial charge on any atom is -0.376 e. The smallest absolute Gasteiger partial charge is 0.241 e. The fraction of sp³-hybridized carbons (Fsp3) is 0.533. The van der Waals surface area contributed by atoms with Gasteiger partial charge in [-0.2, -0.15) is 0 Å². The van der Waals surface area contributed by atoms with Gasteiger partial charge in [-0.3, -0.25) is 4.79 Å². The van der Waals surface area contributed by atoms with Gasteiger partial charge in [0.2, 0.25) is 5.91 Å². The molecule has 0 aromatic heterocycles. The molecule has 1 amide bonds. The Bertz CT molecular complexity index is 554. The van der Waals surface area contributed by atoms with Crippen LogP contribution in [0.25, 0.3) is 0 Å². The number of piperidine rings is 1. The second-order valence-electron chi connectivity index (χ2n) is 5.47. The minimum absolute atomic E-state index is 0.00621. The van der Waals surface area contributed by atoms with Gasteiger partial charge in [-0.15, -0.1) is 0 Å². The number of hydrogen-bond acceptors (Lipinski definition) is 4. The molecule has 5 nitrogen and oxygen atoms in total. The van der Waals surface area contributed by atoms with Crippen LogP contribution < -0.4 is 5.32 Å². The lowest BCUT2D eigenvalue weighted by Gasteiger charge is -2.37. The Hall–Kier alpha value is -1.37. The van der Waals surface area contributed by atoms with E-state index in [1.165, 1.54) is 12.1 Å². The molecule has 120 valence electrons. The summed E-state index contributed by atoms with van der Waals surface area (Å²) in [5.41, 5.74) is 0.621. The summed E-state index contributed by atoms with van der Waals surface area (Å²) in [5.74, 6) is -0.959. The van der Waals surface area contributed by atoms with Gasteiger partial charge in [0, 0.05) is 31.6 Å². The number of amides is 1. The SMILES string of the molecule is O=C(CNc1ccc(F)c(Cl)c1)N1CCC2(CC1)OCCO2. The van der Waals surface area contributed by atoms with Crippen molar-refractivity contribution < 1.29 is 18.7 Å². The Kier molecular flexibility index (Phi) is 4.52. The third-order valence-electron chi connectivity index (χ3n) is 4.05. The number of halogens is 2. The molecule has 1 spiro atoms. The molecule has 2 aliphatic rings. The second-order valence-corrected chi connectivity index (χ2v) is 5.88. The molecule has 0 atom stereocenters. The molecule has 7 heteroatoms. The van der Waals surface area contributed by atoms with Crippen molar-refractivity contribution in [2.45, 2.75) is 18.6 Å². The van der Waals surface area contributed by atoms with Crippen molar-refractivity contribution in [2.24, 2.45) is 0 Å². The third-order valence-corrected chi connectivity index (χ3v) is 4.34. The van der Waals surface area contributed by atoms with Crippen LogP contribution in [0.4, 0.5) is 10.1 Å². The lowest BCUT2D eigenvalue weighted by atomic mass is 10.0. The lowest BCUT2D eigenvalue weighted by molar-refractivity contribution is -0.187. The van der Waals surface area contributed by atoms with Crippen molar-refractivity contribution in [3.8, 4) is 0 Å². The molecule has 1 aromatic rings. The molecule has 0 saturated carbocycles. The summed E-state index contributed by atoms with van der Waals surface area (Å²) in [5, 5.41) is 3.00. The topological polar surface area (TPSA) is 50.8 Å². The molecule has 1 aromatic carbocycles. The Balaban J connectivity index is 1.49. The molecular formula is C15H18ClFN2O3. The van der Waals surface area contributed by atoms with Gasteiger partial charge in [0.15, 0.2) is 5.79 Å². The first-order chi connectivity index (χ1) is 10.6. The van der Waals surface area contributed by atoms with Crippen molar-refractivity contribution in [1.29, 1.82) is 0 Å². The van der Waals surface area contributed by atoms with E-state index in [1.807, 2.05) is 0 Å². The molecule has 0 unspecified atom stereocenters. The van der Waals surface area contributed by atoms with Gasteiger partial charge < -0.3 is 19.7 Å². The molecule has 0 radical (unpaired) electrons. The van der Waals surface area contributed by atoms with Crippen LogP contribution in [0.2, 0.25) is 5.02 Å². The zero-order valence-electron chi connectivity index (χ0n) is 12.1. The van der Waals surface area contributed by atoms with E-state index in [0.717, 1.165) is 0 Å². The monoisotopic (exact) mass is 328 g/mol. The van der Waals surface area contributed by atoms with Crippen LogP contribution >= 0.6 is 11.6 Å². The summed E-state index contributed by atoms with van der Waals surface area (Å²) in [6.07, 6.45) is 1.39. The molecule has 1 N–H and O–H groups in total. The number of carbonyl (C=O) groups is 1. The summed E-state index contributed by atoms with van der Waals surface area (Å²) in [6, 6.07) is 4.30. The number of likely N-dealkylation sites (tertiary alicyclic amines) is 1. The number of hydrogen-bond donors (Lipinski definition) is 1. The fourth-order valence-electron chi connectivity index (χ4n) is 2.78. The summed E-state index contributed by atoms with van der Waals surface area (Å²) >= 11 is 5.71. The van der Waals surface area contributed by atoms with Crippen LogP contribution in [0.1, 0.15) is 12.8 Å². The number of benzene rings is 1. The van der Waals surface area contributed by atoms with Gasteiger partial charge in [0.05, 0.1) is 24.8 Å². The number of nitrogens with zero attached hydrogens (tertiary/aromatic N) is 1. The van der Waals surface area contributed by atoms with Gasteiger partial charge in [0.1, 0.15) is 5.82 Å². The average Bonchev–Trinajstić information content (AvgIpc) is 2.97. The predicted molar refractivity (Wildman–Crippen MR) is 80.3 cm³/mol. The lowest BCUT2D eigenvalue weighted by Crippen LogP contribution is -2.48.